The molecule has 13 heavy (non-hydrogen) atoms. The second kappa shape index (κ2) is 5.48. The van der Waals surface area contributed by atoms with E-state index in [9.17, 15) is 4.79 Å². The molecule has 0 spiro atoms. The van der Waals surface area contributed by atoms with Crippen LogP contribution in [0.1, 0.15) is 39.0 Å². The molecule has 76 valence electrons. The normalized spacial score (nSPS) is 28.5. The van der Waals surface area contributed by atoms with Gasteiger partial charge in [-0.25, -0.2) is 0 Å². The topological polar surface area (TPSA) is 29.1 Å². The van der Waals surface area contributed by atoms with E-state index in [1.165, 1.54) is 12.8 Å². The zero-order valence-corrected chi connectivity index (χ0v) is 8.94. The van der Waals surface area contributed by atoms with Crippen LogP contribution in [0.15, 0.2) is 0 Å². The first kappa shape index (κ1) is 10.8. The Morgan fingerprint density at radius 1 is 1.54 bits per heavy atom. The molecule has 1 amide bonds. The average Bonchev–Trinajstić information content (AvgIpc) is 2.04. The fourth-order valence-electron chi connectivity index (χ4n) is 1.95. The van der Waals surface area contributed by atoms with Crippen LogP contribution in [0.4, 0.5) is 0 Å². The van der Waals surface area contributed by atoms with Crippen molar-refractivity contribution in [2.45, 2.75) is 45.1 Å². The Kier molecular flexibility index (Phi) is 4.57. The maximum absolute atomic E-state index is 11.2. The number of rotatable bonds is 3. The molecule has 2 nitrogen and oxygen atoms in total. The molecule has 1 N–H and O–H groups in total. The molecule has 0 radical (unpaired) electrons. The molecule has 0 bridgehead atoms. The highest BCUT2D eigenvalue weighted by atomic mass is 35.5. The lowest BCUT2D eigenvalue weighted by atomic mass is 9.87. The second-order valence-electron chi connectivity index (χ2n) is 3.98. The van der Waals surface area contributed by atoms with Crippen LogP contribution < -0.4 is 5.32 Å². The van der Waals surface area contributed by atoms with Crippen molar-refractivity contribution in [1.82, 2.24) is 5.32 Å². The van der Waals surface area contributed by atoms with E-state index in [0.717, 1.165) is 18.8 Å². The molecule has 1 fully saturated rings. The van der Waals surface area contributed by atoms with E-state index < -0.39 is 0 Å². The van der Waals surface area contributed by atoms with Crippen molar-refractivity contribution in [2.75, 3.05) is 5.88 Å². The van der Waals surface area contributed by atoms with Gasteiger partial charge in [0.2, 0.25) is 5.91 Å². The number of hydrogen-bond acceptors (Lipinski definition) is 1. The maximum atomic E-state index is 11.2. The first-order valence-corrected chi connectivity index (χ1v) is 5.61. The smallest absolute Gasteiger partial charge is 0.221 e. The molecule has 0 aromatic heterocycles. The molecule has 0 aromatic rings. The number of alkyl halides is 1. The van der Waals surface area contributed by atoms with Crippen molar-refractivity contribution >= 4 is 17.5 Å². The summed E-state index contributed by atoms with van der Waals surface area (Å²) in [5.74, 6) is 1.29. The Balaban J connectivity index is 2.23. The van der Waals surface area contributed by atoms with E-state index in [1.807, 2.05) is 0 Å². The minimum absolute atomic E-state index is 0.106. The molecule has 1 aliphatic rings. The highest BCUT2D eigenvalue weighted by Crippen LogP contribution is 2.23. The fourth-order valence-corrected chi connectivity index (χ4v) is 2.12. The lowest BCUT2D eigenvalue weighted by molar-refractivity contribution is -0.121. The zero-order valence-electron chi connectivity index (χ0n) is 8.18. The molecule has 0 saturated heterocycles. The highest BCUT2D eigenvalue weighted by molar-refractivity contribution is 6.18. The minimum atomic E-state index is 0.106. The van der Waals surface area contributed by atoms with Crippen molar-refractivity contribution in [3.8, 4) is 0 Å². The van der Waals surface area contributed by atoms with Gasteiger partial charge >= 0.3 is 0 Å². The standard InChI is InChI=1S/C10H18ClNO/c1-8-3-2-4-9(7-8)12-10(13)5-6-11/h8-9H,2-7H2,1H3,(H,12,13). The molecular formula is C10H18ClNO. The van der Waals surface area contributed by atoms with Gasteiger partial charge in [-0.1, -0.05) is 19.8 Å². The summed E-state index contributed by atoms with van der Waals surface area (Å²) in [5, 5.41) is 3.03. The van der Waals surface area contributed by atoms with E-state index in [1.54, 1.807) is 0 Å². The minimum Gasteiger partial charge on any atom is -0.353 e. The third-order valence-corrected chi connectivity index (χ3v) is 2.81. The van der Waals surface area contributed by atoms with Crippen LogP contribution in [0.25, 0.3) is 0 Å². The quantitative estimate of drug-likeness (QED) is 0.701. The third-order valence-electron chi connectivity index (χ3n) is 2.62. The van der Waals surface area contributed by atoms with E-state index in [0.29, 0.717) is 18.3 Å². The van der Waals surface area contributed by atoms with E-state index in [2.05, 4.69) is 12.2 Å². The molecule has 1 aliphatic carbocycles. The average molecular weight is 204 g/mol. The lowest BCUT2D eigenvalue weighted by Crippen LogP contribution is -2.38. The Morgan fingerprint density at radius 3 is 2.92 bits per heavy atom. The number of halogens is 1. The molecule has 0 aliphatic heterocycles. The Hall–Kier alpha value is -0.240. The summed E-state index contributed by atoms with van der Waals surface area (Å²) in [6.07, 6.45) is 5.27. The van der Waals surface area contributed by atoms with Gasteiger partial charge in [-0.3, -0.25) is 4.79 Å². The van der Waals surface area contributed by atoms with Gasteiger partial charge in [-0.2, -0.15) is 0 Å². The third kappa shape index (κ3) is 3.99. The summed E-state index contributed by atoms with van der Waals surface area (Å²) in [6.45, 7) is 2.25. The lowest BCUT2D eigenvalue weighted by Gasteiger charge is -2.27. The van der Waals surface area contributed by atoms with Crippen LogP contribution in [0.5, 0.6) is 0 Å². The van der Waals surface area contributed by atoms with Gasteiger partial charge in [-0.15, -0.1) is 11.6 Å². The monoisotopic (exact) mass is 203 g/mol. The van der Waals surface area contributed by atoms with Crippen LogP contribution in [0.2, 0.25) is 0 Å². The molecule has 2 atom stereocenters. The molecule has 1 saturated carbocycles. The Labute approximate surface area is 85.0 Å². The van der Waals surface area contributed by atoms with Crippen molar-refractivity contribution in [3.63, 3.8) is 0 Å². The summed E-state index contributed by atoms with van der Waals surface area (Å²) >= 11 is 5.48. The number of nitrogens with one attached hydrogen (secondary N) is 1. The van der Waals surface area contributed by atoms with E-state index in [-0.39, 0.29) is 5.91 Å². The van der Waals surface area contributed by atoms with Gasteiger partial charge in [0.1, 0.15) is 0 Å². The van der Waals surface area contributed by atoms with E-state index in [4.69, 9.17) is 11.6 Å². The Bertz CT molecular complexity index is 172. The van der Waals surface area contributed by atoms with Crippen molar-refractivity contribution in [3.05, 3.63) is 0 Å². The first-order chi connectivity index (χ1) is 6.22. The van der Waals surface area contributed by atoms with Gasteiger partial charge in [0.15, 0.2) is 0 Å². The highest BCUT2D eigenvalue weighted by Gasteiger charge is 2.19. The number of hydrogen-bond donors (Lipinski definition) is 1. The molecule has 3 heteroatoms. The first-order valence-electron chi connectivity index (χ1n) is 5.07. The van der Waals surface area contributed by atoms with Gasteiger partial charge in [0, 0.05) is 18.3 Å². The SMILES string of the molecule is CC1CCCC(NC(=O)CCCl)C1. The predicted octanol–water partition coefficient (Wildman–Crippen LogP) is 2.31. The number of carbonyl (C=O) groups is 1. The zero-order chi connectivity index (χ0) is 9.68. The fraction of sp³-hybridized carbons (Fsp3) is 0.900. The summed E-state index contributed by atoms with van der Waals surface area (Å²) in [7, 11) is 0. The summed E-state index contributed by atoms with van der Waals surface area (Å²) in [4.78, 5) is 11.2. The molecular weight excluding hydrogens is 186 g/mol. The summed E-state index contributed by atoms with van der Waals surface area (Å²) < 4.78 is 0. The Morgan fingerprint density at radius 2 is 2.31 bits per heavy atom. The largest absolute Gasteiger partial charge is 0.353 e. The number of carbonyl (C=O) groups excluding carboxylic acids is 1. The molecule has 1 rings (SSSR count). The van der Waals surface area contributed by atoms with Gasteiger partial charge < -0.3 is 5.32 Å². The van der Waals surface area contributed by atoms with Gasteiger partial charge in [-0.05, 0) is 18.8 Å². The summed E-state index contributed by atoms with van der Waals surface area (Å²) in [6, 6.07) is 0.402. The second-order valence-corrected chi connectivity index (χ2v) is 4.35. The predicted molar refractivity (Wildman–Crippen MR) is 54.9 cm³/mol. The van der Waals surface area contributed by atoms with Crippen LogP contribution in [-0.4, -0.2) is 17.8 Å². The van der Waals surface area contributed by atoms with Gasteiger partial charge in [0.05, 0.1) is 0 Å². The molecule has 2 unspecified atom stereocenters. The number of amides is 1. The summed E-state index contributed by atoms with van der Waals surface area (Å²) in [5.41, 5.74) is 0. The van der Waals surface area contributed by atoms with Crippen molar-refractivity contribution < 1.29 is 4.79 Å². The van der Waals surface area contributed by atoms with E-state index >= 15 is 0 Å². The van der Waals surface area contributed by atoms with Crippen LogP contribution >= 0.6 is 11.6 Å². The van der Waals surface area contributed by atoms with Gasteiger partial charge in [0.25, 0.3) is 0 Å². The molecule has 0 heterocycles. The van der Waals surface area contributed by atoms with Crippen molar-refractivity contribution in [1.29, 1.82) is 0 Å². The van der Waals surface area contributed by atoms with Crippen LogP contribution in [0.3, 0.4) is 0 Å². The maximum Gasteiger partial charge on any atom is 0.221 e. The van der Waals surface area contributed by atoms with Crippen LogP contribution in [-0.2, 0) is 4.79 Å². The van der Waals surface area contributed by atoms with Crippen LogP contribution in [0, 0.1) is 5.92 Å². The molecule has 0 aromatic carbocycles. The van der Waals surface area contributed by atoms with Crippen molar-refractivity contribution in [2.24, 2.45) is 5.92 Å².